The highest BCUT2D eigenvalue weighted by molar-refractivity contribution is 6.23. The molecule has 1 N–H and O–H groups in total. The maximum atomic E-state index is 12.9. The summed E-state index contributed by atoms with van der Waals surface area (Å²) in [4.78, 5) is 31.1. The Bertz CT molecular complexity index is 871. The summed E-state index contributed by atoms with van der Waals surface area (Å²) in [5.41, 5.74) is 3.72. The summed E-state index contributed by atoms with van der Waals surface area (Å²) in [7, 11) is 3.91. The predicted octanol–water partition coefficient (Wildman–Crippen LogP) is 3.49. The lowest BCUT2D eigenvalue weighted by Crippen LogP contribution is -2.34. The Morgan fingerprint density at radius 1 is 0.862 bits per heavy atom. The Morgan fingerprint density at radius 3 is 2.10 bits per heavy atom. The smallest absolute Gasteiger partial charge is 0.256 e. The van der Waals surface area contributed by atoms with E-state index >= 15 is 0 Å². The van der Waals surface area contributed by atoms with Crippen molar-refractivity contribution in [3.05, 3.63) is 48.5 Å². The van der Waals surface area contributed by atoms with Crippen LogP contribution in [0.25, 0.3) is 0 Å². The minimum atomic E-state index is -0.531. The van der Waals surface area contributed by atoms with E-state index in [1.807, 2.05) is 55.4 Å². The number of carbonyl (C=O) groups excluding carboxylic acids is 2. The molecule has 0 spiro atoms. The minimum absolute atomic E-state index is 0.169. The first-order valence-electron chi connectivity index (χ1n) is 10.3. The van der Waals surface area contributed by atoms with E-state index in [-0.39, 0.29) is 18.2 Å². The first-order chi connectivity index (χ1) is 14.0. The number of anilines is 4. The topological polar surface area (TPSA) is 55.9 Å². The van der Waals surface area contributed by atoms with E-state index in [9.17, 15) is 9.59 Å². The third kappa shape index (κ3) is 4.06. The number of benzene rings is 2. The van der Waals surface area contributed by atoms with Gasteiger partial charge in [-0.05, 0) is 67.8 Å². The van der Waals surface area contributed by atoms with Crippen LogP contribution in [0.5, 0.6) is 0 Å². The van der Waals surface area contributed by atoms with E-state index in [0.717, 1.165) is 24.5 Å². The molecule has 2 aliphatic rings. The van der Waals surface area contributed by atoms with Crippen LogP contribution in [0, 0.1) is 0 Å². The highest BCUT2D eigenvalue weighted by atomic mass is 16.2. The molecular weight excluding hydrogens is 364 g/mol. The number of rotatable bonds is 5. The van der Waals surface area contributed by atoms with Crippen molar-refractivity contribution in [1.82, 2.24) is 0 Å². The van der Waals surface area contributed by atoms with E-state index in [0.29, 0.717) is 5.69 Å². The second-order valence-corrected chi connectivity index (χ2v) is 7.97. The lowest BCUT2D eigenvalue weighted by atomic mass is 10.1. The van der Waals surface area contributed by atoms with E-state index in [4.69, 9.17) is 0 Å². The second kappa shape index (κ2) is 8.15. The molecule has 2 aromatic rings. The number of nitrogens with zero attached hydrogens (tertiary/aromatic N) is 3. The Hall–Kier alpha value is -3.02. The quantitative estimate of drug-likeness (QED) is 0.790. The van der Waals surface area contributed by atoms with Crippen molar-refractivity contribution in [2.75, 3.05) is 47.2 Å². The number of hydrogen-bond acceptors (Lipinski definition) is 5. The Balaban J connectivity index is 1.43. The van der Waals surface area contributed by atoms with Crippen LogP contribution in [0.1, 0.15) is 25.7 Å². The molecule has 2 aromatic carbocycles. The number of amides is 2. The first kappa shape index (κ1) is 19.3. The van der Waals surface area contributed by atoms with E-state index in [1.165, 1.54) is 29.8 Å². The zero-order valence-electron chi connectivity index (χ0n) is 17.1. The molecule has 6 heteroatoms. The molecule has 2 heterocycles. The molecule has 0 aliphatic carbocycles. The fourth-order valence-corrected chi connectivity index (χ4v) is 4.04. The van der Waals surface area contributed by atoms with E-state index < -0.39 is 6.04 Å². The van der Waals surface area contributed by atoms with Gasteiger partial charge in [0.1, 0.15) is 6.04 Å². The Kier molecular flexibility index (Phi) is 5.43. The molecule has 2 amide bonds. The maximum absolute atomic E-state index is 12.9. The zero-order valence-corrected chi connectivity index (χ0v) is 17.1. The molecule has 2 fully saturated rings. The average molecular weight is 393 g/mol. The molecular formula is C23H28N4O2. The van der Waals surface area contributed by atoms with Crippen LogP contribution in [0.15, 0.2) is 48.5 Å². The highest BCUT2D eigenvalue weighted by Gasteiger charge is 2.39. The van der Waals surface area contributed by atoms with E-state index in [1.54, 1.807) is 0 Å². The summed E-state index contributed by atoms with van der Waals surface area (Å²) in [6, 6.07) is 15.1. The summed E-state index contributed by atoms with van der Waals surface area (Å²) < 4.78 is 0. The summed E-state index contributed by atoms with van der Waals surface area (Å²) in [6.07, 6.45) is 3.96. The number of piperidine rings is 1. The van der Waals surface area contributed by atoms with E-state index in [2.05, 4.69) is 22.3 Å². The SMILES string of the molecule is CN(C)c1ccc(N2C(=O)CC(Nc3ccc(N4CCCCC4)cc3)C2=O)cc1. The van der Waals surface area contributed by atoms with Crippen molar-refractivity contribution in [3.8, 4) is 0 Å². The molecule has 2 aliphatic heterocycles. The average Bonchev–Trinajstić information content (AvgIpc) is 3.02. The molecule has 0 radical (unpaired) electrons. The summed E-state index contributed by atoms with van der Waals surface area (Å²) in [5, 5.41) is 3.24. The van der Waals surface area contributed by atoms with Crippen LogP contribution < -0.4 is 20.0 Å². The van der Waals surface area contributed by atoms with Crippen LogP contribution in [0.3, 0.4) is 0 Å². The van der Waals surface area contributed by atoms with Crippen molar-refractivity contribution in [2.24, 2.45) is 0 Å². The van der Waals surface area contributed by atoms with Crippen molar-refractivity contribution >= 4 is 34.6 Å². The van der Waals surface area contributed by atoms with Crippen LogP contribution >= 0.6 is 0 Å². The molecule has 4 rings (SSSR count). The number of hydrogen-bond donors (Lipinski definition) is 1. The van der Waals surface area contributed by atoms with Gasteiger partial charge in [-0.1, -0.05) is 0 Å². The number of imide groups is 1. The molecule has 152 valence electrons. The van der Waals surface area contributed by atoms with Gasteiger partial charge >= 0.3 is 0 Å². The molecule has 2 saturated heterocycles. The molecule has 0 aromatic heterocycles. The van der Waals surface area contributed by atoms with Gasteiger partial charge in [0, 0.05) is 44.2 Å². The second-order valence-electron chi connectivity index (χ2n) is 7.97. The van der Waals surface area contributed by atoms with Gasteiger partial charge in [0.05, 0.1) is 12.1 Å². The summed E-state index contributed by atoms with van der Waals surface area (Å²) >= 11 is 0. The fraction of sp³-hybridized carbons (Fsp3) is 0.391. The monoisotopic (exact) mass is 392 g/mol. The molecule has 1 unspecified atom stereocenters. The van der Waals surface area contributed by atoms with Crippen molar-refractivity contribution in [3.63, 3.8) is 0 Å². The van der Waals surface area contributed by atoms with Gasteiger partial charge < -0.3 is 15.1 Å². The largest absolute Gasteiger partial charge is 0.378 e. The number of nitrogens with one attached hydrogen (secondary N) is 1. The normalized spacial score (nSPS) is 19.6. The molecule has 0 bridgehead atoms. The van der Waals surface area contributed by atoms with Gasteiger partial charge in [-0.25, -0.2) is 4.90 Å². The summed E-state index contributed by atoms with van der Waals surface area (Å²) in [6.45, 7) is 2.20. The van der Waals surface area contributed by atoms with Crippen LogP contribution in [0.4, 0.5) is 22.7 Å². The third-order valence-corrected chi connectivity index (χ3v) is 5.70. The zero-order chi connectivity index (χ0) is 20.4. The maximum Gasteiger partial charge on any atom is 0.256 e. The molecule has 1 atom stereocenters. The van der Waals surface area contributed by atoms with Crippen molar-refractivity contribution in [2.45, 2.75) is 31.7 Å². The first-order valence-corrected chi connectivity index (χ1v) is 10.3. The molecule has 6 nitrogen and oxygen atoms in total. The van der Waals surface area contributed by atoms with Crippen molar-refractivity contribution < 1.29 is 9.59 Å². The van der Waals surface area contributed by atoms with Crippen LogP contribution in [-0.4, -0.2) is 45.0 Å². The molecule has 29 heavy (non-hydrogen) atoms. The fourth-order valence-electron chi connectivity index (χ4n) is 4.04. The summed E-state index contributed by atoms with van der Waals surface area (Å²) in [5.74, 6) is -0.372. The molecule has 0 saturated carbocycles. The minimum Gasteiger partial charge on any atom is -0.378 e. The highest BCUT2D eigenvalue weighted by Crippen LogP contribution is 2.28. The Morgan fingerprint density at radius 2 is 1.48 bits per heavy atom. The van der Waals surface area contributed by atoms with Crippen LogP contribution in [0.2, 0.25) is 0 Å². The van der Waals surface area contributed by atoms with Gasteiger partial charge in [-0.3, -0.25) is 9.59 Å². The predicted molar refractivity (Wildman–Crippen MR) is 118 cm³/mol. The van der Waals surface area contributed by atoms with Gasteiger partial charge in [0.25, 0.3) is 5.91 Å². The van der Waals surface area contributed by atoms with Gasteiger partial charge in [-0.15, -0.1) is 0 Å². The van der Waals surface area contributed by atoms with Gasteiger partial charge in [0.15, 0.2) is 0 Å². The third-order valence-electron chi connectivity index (χ3n) is 5.70. The standard InChI is InChI=1S/C23H28N4O2/c1-25(2)18-10-12-20(13-11-18)27-22(28)16-21(23(27)29)24-17-6-8-19(9-7-17)26-14-4-3-5-15-26/h6-13,21,24H,3-5,14-16H2,1-2H3. The van der Waals surface area contributed by atoms with Gasteiger partial charge in [0.2, 0.25) is 5.91 Å². The Labute approximate surface area is 172 Å². The van der Waals surface area contributed by atoms with Gasteiger partial charge in [-0.2, -0.15) is 0 Å². The van der Waals surface area contributed by atoms with Crippen LogP contribution in [-0.2, 0) is 9.59 Å². The van der Waals surface area contributed by atoms with Crippen molar-refractivity contribution in [1.29, 1.82) is 0 Å². The number of carbonyl (C=O) groups is 2. The lowest BCUT2D eigenvalue weighted by Gasteiger charge is -2.29. The lowest BCUT2D eigenvalue weighted by molar-refractivity contribution is -0.121.